The Morgan fingerprint density at radius 3 is 2.39 bits per heavy atom. The van der Waals surface area contributed by atoms with Gasteiger partial charge in [0.25, 0.3) is 0 Å². The van der Waals surface area contributed by atoms with Crippen LogP contribution >= 0.6 is 0 Å². The van der Waals surface area contributed by atoms with Crippen molar-refractivity contribution in [3.05, 3.63) is 22.5 Å². The van der Waals surface area contributed by atoms with Crippen molar-refractivity contribution in [2.24, 2.45) is 5.92 Å². The summed E-state index contributed by atoms with van der Waals surface area (Å²) in [6.07, 6.45) is 1.01. The SMILES string of the molecule is CCOC(=O)c1c(C(O)C2CC2)[nH]c(C(=O)OC(C)(C)C)c1C. The fourth-order valence-electron chi connectivity index (χ4n) is 2.49. The quantitative estimate of drug-likeness (QED) is 0.813. The van der Waals surface area contributed by atoms with Gasteiger partial charge < -0.3 is 19.6 Å². The van der Waals surface area contributed by atoms with Gasteiger partial charge in [0.15, 0.2) is 0 Å². The number of ether oxygens (including phenoxy) is 2. The molecule has 1 aromatic rings. The van der Waals surface area contributed by atoms with E-state index in [9.17, 15) is 14.7 Å². The molecule has 6 nitrogen and oxygen atoms in total. The van der Waals surface area contributed by atoms with Gasteiger partial charge in [-0.05, 0) is 58.9 Å². The number of carbonyl (C=O) groups excluding carboxylic acids is 2. The van der Waals surface area contributed by atoms with E-state index in [0.29, 0.717) is 11.3 Å². The molecule has 0 bridgehead atoms. The molecule has 0 aliphatic heterocycles. The predicted octanol–water partition coefficient (Wildman–Crippen LogP) is 2.90. The van der Waals surface area contributed by atoms with Gasteiger partial charge in [-0.25, -0.2) is 9.59 Å². The Hall–Kier alpha value is -1.82. The van der Waals surface area contributed by atoms with Gasteiger partial charge in [-0.3, -0.25) is 0 Å². The maximum absolute atomic E-state index is 12.3. The number of aromatic nitrogens is 1. The van der Waals surface area contributed by atoms with E-state index >= 15 is 0 Å². The van der Waals surface area contributed by atoms with Crippen LogP contribution in [0.5, 0.6) is 0 Å². The van der Waals surface area contributed by atoms with Crippen molar-refractivity contribution >= 4 is 11.9 Å². The first kappa shape index (κ1) is 17.5. The summed E-state index contributed by atoms with van der Waals surface area (Å²) >= 11 is 0. The normalized spacial score (nSPS) is 16.1. The number of aliphatic hydroxyl groups excluding tert-OH is 1. The highest BCUT2D eigenvalue weighted by molar-refractivity contribution is 5.98. The Labute approximate surface area is 136 Å². The maximum atomic E-state index is 12.3. The first-order chi connectivity index (χ1) is 10.7. The number of hydrogen-bond acceptors (Lipinski definition) is 5. The monoisotopic (exact) mass is 323 g/mol. The molecule has 1 unspecified atom stereocenters. The molecule has 0 spiro atoms. The number of aliphatic hydroxyl groups is 1. The molecule has 1 heterocycles. The fourth-order valence-corrected chi connectivity index (χ4v) is 2.49. The van der Waals surface area contributed by atoms with E-state index in [2.05, 4.69) is 4.98 Å². The van der Waals surface area contributed by atoms with Crippen molar-refractivity contribution in [2.45, 2.75) is 59.2 Å². The second-order valence-electron chi connectivity index (χ2n) is 6.92. The molecule has 23 heavy (non-hydrogen) atoms. The van der Waals surface area contributed by atoms with Crippen LogP contribution in [-0.2, 0) is 9.47 Å². The molecular formula is C17H25NO5. The minimum Gasteiger partial charge on any atom is -0.462 e. The van der Waals surface area contributed by atoms with Crippen LogP contribution in [0.2, 0.25) is 0 Å². The summed E-state index contributed by atoms with van der Waals surface area (Å²) in [6, 6.07) is 0. The summed E-state index contributed by atoms with van der Waals surface area (Å²) in [7, 11) is 0. The molecule has 1 fully saturated rings. The Bertz CT molecular complexity index is 607. The molecule has 1 atom stereocenters. The lowest BCUT2D eigenvalue weighted by atomic mass is 10.0. The van der Waals surface area contributed by atoms with Crippen LogP contribution < -0.4 is 0 Å². The van der Waals surface area contributed by atoms with E-state index < -0.39 is 23.6 Å². The fraction of sp³-hybridized carbons (Fsp3) is 0.647. The molecule has 0 amide bonds. The average molecular weight is 323 g/mol. The van der Waals surface area contributed by atoms with E-state index in [0.717, 1.165) is 12.8 Å². The van der Waals surface area contributed by atoms with Crippen LogP contribution in [0.25, 0.3) is 0 Å². The van der Waals surface area contributed by atoms with Gasteiger partial charge in [-0.15, -0.1) is 0 Å². The lowest BCUT2D eigenvalue weighted by molar-refractivity contribution is 0.00622. The first-order valence-electron chi connectivity index (χ1n) is 7.96. The molecule has 1 aliphatic rings. The van der Waals surface area contributed by atoms with Crippen LogP contribution in [0.3, 0.4) is 0 Å². The number of hydrogen-bond donors (Lipinski definition) is 2. The molecule has 0 saturated heterocycles. The summed E-state index contributed by atoms with van der Waals surface area (Å²) in [5, 5.41) is 10.4. The van der Waals surface area contributed by atoms with Crippen LogP contribution in [0.1, 0.15) is 78.7 Å². The standard InChI is InChI=1S/C17H25NO5/c1-6-22-15(20)11-9(2)12(16(21)23-17(3,4)5)18-13(11)14(19)10-7-8-10/h10,14,18-19H,6-8H2,1-5H3. The van der Waals surface area contributed by atoms with E-state index in [1.54, 1.807) is 34.6 Å². The Morgan fingerprint density at radius 2 is 1.91 bits per heavy atom. The molecule has 0 radical (unpaired) electrons. The second kappa shape index (κ2) is 6.35. The lowest BCUT2D eigenvalue weighted by Gasteiger charge is -2.19. The Morgan fingerprint density at radius 1 is 1.30 bits per heavy atom. The smallest absolute Gasteiger partial charge is 0.355 e. The van der Waals surface area contributed by atoms with Gasteiger partial charge in [0.2, 0.25) is 0 Å². The molecule has 1 saturated carbocycles. The third-order valence-corrected chi connectivity index (χ3v) is 3.73. The third kappa shape index (κ3) is 3.93. The minimum absolute atomic E-state index is 0.118. The zero-order valence-electron chi connectivity index (χ0n) is 14.4. The topological polar surface area (TPSA) is 88.6 Å². The molecule has 2 N–H and O–H groups in total. The van der Waals surface area contributed by atoms with Crippen molar-refractivity contribution in [2.75, 3.05) is 6.61 Å². The van der Waals surface area contributed by atoms with Gasteiger partial charge in [-0.2, -0.15) is 0 Å². The number of nitrogens with one attached hydrogen (secondary N) is 1. The van der Waals surface area contributed by atoms with Crippen molar-refractivity contribution in [1.29, 1.82) is 0 Å². The summed E-state index contributed by atoms with van der Waals surface area (Å²) in [4.78, 5) is 27.5. The van der Waals surface area contributed by atoms with Gasteiger partial charge in [0.1, 0.15) is 11.3 Å². The zero-order chi connectivity index (χ0) is 17.4. The van der Waals surface area contributed by atoms with Gasteiger partial charge in [-0.1, -0.05) is 0 Å². The highest BCUT2D eigenvalue weighted by Crippen LogP contribution is 2.42. The molecule has 1 aromatic heterocycles. The Kier molecular flexibility index (Phi) is 4.84. The average Bonchev–Trinajstić information content (AvgIpc) is 3.19. The molecule has 6 heteroatoms. The van der Waals surface area contributed by atoms with Crippen LogP contribution in [-0.4, -0.2) is 34.2 Å². The van der Waals surface area contributed by atoms with E-state index in [1.807, 2.05) is 0 Å². The summed E-state index contributed by atoms with van der Waals surface area (Å²) in [5.41, 5.74) is 0.593. The van der Waals surface area contributed by atoms with Crippen LogP contribution in [0, 0.1) is 12.8 Å². The molecule has 0 aromatic carbocycles. The predicted molar refractivity (Wildman–Crippen MR) is 84.3 cm³/mol. The van der Waals surface area contributed by atoms with Gasteiger partial charge in [0, 0.05) is 0 Å². The molecule has 1 aliphatic carbocycles. The maximum Gasteiger partial charge on any atom is 0.355 e. The van der Waals surface area contributed by atoms with Crippen LogP contribution in [0.4, 0.5) is 0 Å². The summed E-state index contributed by atoms with van der Waals surface area (Å²) in [5.74, 6) is -0.965. The number of rotatable bonds is 5. The number of aromatic amines is 1. The third-order valence-electron chi connectivity index (χ3n) is 3.73. The highest BCUT2D eigenvalue weighted by atomic mass is 16.6. The van der Waals surface area contributed by atoms with Gasteiger partial charge >= 0.3 is 11.9 Å². The zero-order valence-corrected chi connectivity index (χ0v) is 14.4. The van der Waals surface area contributed by atoms with Crippen molar-refractivity contribution in [3.63, 3.8) is 0 Å². The number of carbonyl (C=O) groups is 2. The molecule has 128 valence electrons. The van der Waals surface area contributed by atoms with E-state index in [4.69, 9.17) is 9.47 Å². The van der Waals surface area contributed by atoms with E-state index in [1.165, 1.54) is 0 Å². The van der Waals surface area contributed by atoms with Crippen molar-refractivity contribution in [1.82, 2.24) is 4.98 Å². The van der Waals surface area contributed by atoms with Crippen LogP contribution in [0.15, 0.2) is 0 Å². The molecular weight excluding hydrogens is 298 g/mol. The first-order valence-corrected chi connectivity index (χ1v) is 7.96. The second-order valence-corrected chi connectivity index (χ2v) is 6.92. The molecule has 2 rings (SSSR count). The summed E-state index contributed by atoms with van der Waals surface area (Å²) < 4.78 is 10.4. The highest BCUT2D eigenvalue weighted by Gasteiger charge is 2.37. The van der Waals surface area contributed by atoms with E-state index in [-0.39, 0.29) is 23.8 Å². The van der Waals surface area contributed by atoms with Crippen molar-refractivity contribution in [3.8, 4) is 0 Å². The summed E-state index contributed by atoms with van der Waals surface area (Å²) in [6.45, 7) is 8.92. The van der Waals surface area contributed by atoms with Gasteiger partial charge in [0.05, 0.1) is 24.0 Å². The largest absolute Gasteiger partial charge is 0.462 e. The number of esters is 2. The van der Waals surface area contributed by atoms with Crippen molar-refractivity contribution < 1.29 is 24.2 Å². The number of H-pyrrole nitrogens is 1. The minimum atomic E-state index is -0.802. The Balaban J connectivity index is 2.42. The lowest BCUT2D eigenvalue weighted by Crippen LogP contribution is -2.24.